The fourth-order valence-electron chi connectivity index (χ4n) is 4.41. The highest BCUT2D eigenvalue weighted by Crippen LogP contribution is 2.50. The van der Waals surface area contributed by atoms with Gasteiger partial charge in [-0.2, -0.15) is 0 Å². The molecule has 3 nitrogen and oxygen atoms in total. The summed E-state index contributed by atoms with van der Waals surface area (Å²) in [6.45, 7) is 3.01. The molecule has 1 heterocycles. The number of nitrogens with two attached hydrogens (primary N) is 1. The van der Waals surface area contributed by atoms with E-state index in [1.807, 2.05) is 0 Å². The van der Waals surface area contributed by atoms with Crippen LogP contribution in [0.15, 0.2) is 29.3 Å². The Kier molecular flexibility index (Phi) is 2.98. The minimum absolute atomic E-state index is 0.158. The fraction of sp³-hybridized carbons (Fsp3) is 0.611. The predicted molar refractivity (Wildman–Crippen MR) is 87.6 cm³/mol. The van der Waals surface area contributed by atoms with Crippen molar-refractivity contribution in [3.8, 4) is 0 Å². The van der Waals surface area contributed by atoms with Crippen molar-refractivity contribution in [2.75, 3.05) is 11.4 Å². The van der Waals surface area contributed by atoms with E-state index in [0.29, 0.717) is 0 Å². The van der Waals surface area contributed by atoms with E-state index in [0.717, 1.165) is 24.3 Å². The van der Waals surface area contributed by atoms with Gasteiger partial charge in [0.2, 0.25) is 0 Å². The molecule has 2 unspecified atom stereocenters. The number of guanidine groups is 1. The molecular weight excluding hydrogens is 258 g/mol. The van der Waals surface area contributed by atoms with E-state index in [1.54, 1.807) is 0 Å². The summed E-state index contributed by atoms with van der Waals surface area (Å²) < 4.78 is 0. The molecule has 21 heavy (non-hydrogen) atoms. The summed E-state index contributed by atoms with van der Waals surface area (Å²) in [6.07, 6.45) is 8.13. The Balaban J connectivity index is 1.65. The van der Waals surface area contributed by atoms with Crippen molar-refractivity contribution in [1.82, 2.24) is 0 Å². The molecule has 3 heteroatoms. The molecule has 2 fully saturated rings. The van der Waals surface area contributed by atoms with Gasteiger partial charge in [-0.3, -0.25) is 4.99 Å². The number of anilines is 1. The number of benzene rings is 1. The summed E-state index contributed by atoms with van der Waals surface area (Å²) in [5, 5.41) is 0. The van der Waals surface area contributed by atoms with Crippen LogP contribution in [0.2, 0.25) is 0 Å². The van der Waals surface area contributed by atoms with Crippen molar-refractivity contribution in [3.63, 3.8) is 0 Å². The van der Waals surface area contributed by atoms with Gasteiger partial charge in [0.25, 0.3) is 0 Å². The molecule has 2 aliphatic carbocycles. The molecule has 0 aromatic heterocycles. The van der Waals surface area contributed by atoms with Crippen LogP contribution in [0.25, 0.3) is 0 Å². The van der Waals surface area contributed by atoms with E-state index in [4.69, 9.17) is 5.73 Å². The Morgan fingerprint density at radius 2 is 1.90 bits per heavy atom. The van der Waals surface area contributed by atoms with Crippen LogP contribution in [-0.2, 0) is 0 Å². The smallest absolute Gasteiger partial charge is 0.196 e. The SMILES string of the molecule is Cc1ccc(N2C(N)=NCC23CCCC(C2CC2)C3)cc1. The summed E-state index contributed by atoms with van der Waals surface area (Å²) in [5.41, 5.74) is 8.94. The summed E-state index contributed by atoms with van der Waals surface area (Å²) >= 11 is 0. The maximum atomic E-state index is 6.27. The third-order valence-electron chi connectivity index (χ3n) is 5.68. The first kappa shape index (κ1) is 13.2. The fourth-order valence-corrected chi connectivity index (χ4v) is 4.41. The highest BCUT2D eigenvalue weighted by Gasteiger charge is 2.48. The minimum Gasteiger partial charge on any atom is -0.369 e. The average Bonchev–Trinajstić information content (AvgIpc) is 3.29. The highest BCUT2D eigenvalue weighted by molar-refractivity contribution is 5.98. The largest absolute Gasteiger partial charge is 0.369 e. The second-order valence-corrected chi connectivity index (χ2v) is 7.26. The maximum Gasteiger partial charge on any atom is 0.196 e. The van der Waals surface area contributed by atoms with E-state index in [1.165, 1.54) is 49.8 Å². The molecule has 2 atom stereocenters. The van der Waals surface area contributed by atoms with Gasteiger partial charge in [-0.15, -0.1) is 0 Å². The van der Waals surface area contributed by atoms with Gasteiger partial charge in [0.1, 0.15) is 0 Å². The summed E-state index contributed by atoms with van der Waals surface area (Å²) in [6, 6.07) is 8.75. The van der Waals surface area contributed by atoms with Crippen molar-refractivity contribution in [2.24, 2.45) is 22.6 Å². The molecule has 1 spiro atoms. The van der Waals surface area contributed by atoms with Gasteiger partial charge in [-0.05, 0) is 56.6 Å². The normalized spacial score (nSPS) is 32.5. The molecule has 0 amide bonds. The van der Waals surface area contributed by atoms with Gasteiger partial charge < -0.3 is 10.6 Å². The quantitative estimate of drug-likeness (QED) is 0.903. The van der Waals surface area contributed by atoms with Crippen LogP contribution < -0.4 is 10.6 Å². The molecule has 4 rings (SSSR count). The third kappa shape index (κ3) is 2.23. The van der Waals surface area contributed by atoms with Crippen LogP contribution in [0.3, 0.4) is 0 Å². The molecule has 0 bridgehead atoms. The van der Waals surface area contributed by atoms with Crippen LogP contribution in [-0.4, -0.2) is 18.0 Å². The van der Waals surface area contributed by atoms with Crippen LogP contribution in [0.1, 0.15) is 44.1 Å². The lowest BCUT2D eigenvalue weighted by molar-refractivity contribution is 0.219. The van der Waals surface area contributed by atoms with E-state index < -0.39 is 0 Å². The van der Waals surface area contributed by atoms with Crippen molar-refractivity contribution in [2.45, 2.75) is 51.0 Å². The molecule has 112 valence electrons. The Morgan fingerprint density at radius 3 is 2.62 bits per heavy atom. The molecule has 0 radical (unpaired) electrons. The topological polar surface area (TPSA) is 41.6 Å². The minimum atomic E-state index is 0.158. The number of aliphatic imine (C=N–C) groups is 1. The molecule has 0 saturated heterocycles. The maximum absolute atomic E-state index is 6.27. The first-order chi connectivity index (χ1) is 10.2. The molecule has 2 saturated carbocycles. The first-order valence-electron chi connectivity index (χ1n) is 8.35. The zero-order valence-corrected chi connectivity index (χ0v) is 12.9. The lowest BCUT2D eigenvalue weighted by Gasteiger charge is -2.45. The van der Waals surface area contributed by atoms with Gasteiger partial charge in [0, 0.05) is 5.69 Å². The number of rotatable bonds is 2. The lowest BCUT2D eigenvalue weighted by atomic mass is 9.73. The van der Waals surface area contributed by atoms with Gasteiger partial charge in [-0.25, -0.2) is 0 Å². The van der Waals surface area contributed by atoms with E-state index in [2.05, 4.69) is 41.1 Å². The summed E-state index contributed by atoms with van der Waals surface area (Å²) in [5.74, 6) is 2.60. The second kappa shape index (κ2) is 4.75. The molecule has 3 aliphatic rings. The Morgan fingerprint density at radius 1 is 1.14 bits per heavy atom. The Hall–Kier alpha value is -1.51. The molecular formula is C18H25N3. The highest BCUT2D eigenvalue weighted by atomic mass is 15.4. The summed E-state index contributed by atoms with van der Waals surface area (Å²) in [7, 11) is 0. The van der Waals surface area contributed by atoms with Crippen LogP contribution >= 0.6 is 0 Å². The van der Waals surface area contributed by atoms with Crippen LogP contribution in [0.5, 0.6) is 0 Å². The van der Waals surface area contributed by atoms with E-state index in [9.17, 15) is 0 Å². The van der Waals surface area contributed by atoms with Gasteiger partial charge in [0.05, 0.1) is 12.1 Å². The van der Waals surface area contributed by atoms with Crippen LogP contribution in [0.4, 0.5) is 5.69 Å². The van der Waals surface area contributed by atoms with E-state index >= 15 is 0 Å². The number of hydrogen-bond acceptors (Lipinski definition) is 3. The number of aryl methyl sites for hydroxylation is 1. The average molecular weight is 283 g/mol. The van der Waals surface area contributed by atoms with Gasteiger partial charge in [-0.1, -0.05) is 30.5 Å². The summed E-state index contributed by atoms with van der Waals surface area (Å²) in [4.78, 5) is 6.98. The van der Waals surface area contributed by atoms with Gasteiger partial charge in [0.15, 0.2) is 5.96 Å². The zero-order chi connectivity index (χ0) is 14.4. The monoisotopic (exact) mass is 283 g/mol. The molecule has 2 N–H and O–H groups in total. The standard InChI is InChI=1S/C18H25N3/c1-13-4-8-16(9-5-13)21-17(19)20-12-18(21)10-2-3-15(11-18)14-6-7-14/h4-5,8-9,14-15H,2-3,6-7,10-12H2,1H3,(H2,19,20). The van der Waals surface area contributed by atoms with Crippen molar-refractivity contribution >= 4 is 11.6 Å². The Bertz CT molecular complexity index is 558. The molecule has 1 aromatic rings. The zero-order valence-electron chi connectivity index (χ0n) is 12.9. The van der Waals surface area contributed by atoms with Crippen molar-refractivity contribution < 1.29 is 0 Å². The second-order valence-electron chi connectivity index (χ2n) is 7.26. The Labute approximate surface area is 127 Å². The van der Waals surface area contributed by atoms with Gasteiger partial charge >= 0.3 is 0 Å². The van der Waals surface area contributed by atoms with E-state index in [-0.39, 0.29) is 5.54 Å². The molecule has 1 aliphatic heterocycles. The van der Waals surface area contributed by atoms with Crippen LogP contribution in [0, 0.1) is 18.8 Å². The first-order valence-corrected chi connectivity index (χ1v) is 8.35. The third-order valence-corrected chi connectivity index (χ3v) is 5.68. The lowest BCUT2D eigenvalue weighted by Crippen LogP contribution is -2.54. The van der Waals surface area contributed by atoms with Crippen molar-refractivity contribution in [3.05, 3.63) is 29.8 Å². The molecule has 1 aromatic carbocycles. The predicted octanol–water partition coefficient (Wildman–Crippen LogP) is 3.47. The van der Waals surface area contributed by atoms with Crippen molar-refractivity contribution in [1.29, 1.82) is 0 Å². The number of hydrogen-bond donors (Lipinski definition) is 1. The number of nitrogens with zero attached hydrogens (tertiary/aromatic N) is 2.